The van der Waals surface area contributed by atoms with Crippen LogP contribution in [0, 0.1) is 34.4 Å². The quantitative estimate of drug-likeness (QED) is 0.371. The number of carboxylic acids is 1. The second kappa shape index (κ2) is 11.2. The molecule has 1 aliphatic carbocycles. The number of rotatable bonds is 5. The van der Waals surface area contributed by atoms with Gasteiger partial charge in [0.2, 0.25) is 0 Å². The Morgan fingerprint density at radius 3 is 2.42 bits per heavy atom. The van der Waals surface area contributed by atoms with Crippen LogP contribution in [0.2, 0.25) is 5.02 Å². The third kappa shape index (κ3) is 5.59. The Balaban J connectivity index is 1.88. The van der Waals surface area contributed by atoms with Crippen molar-refractivity contribution in [1.29, 1.82) is 5.26 Å². The lowest BCUT2D eigenvalue weighted by Gasteiger charge is -2.41. The smallest absolute Gasteiger partial charge is 0.335 e. The van der Waals surface area contributed by atoms with Crippen LogP contribution in [-0.4, -0.2) is 34.6 Å². The molecule has 1 heterocycles. The van der Waals surface area contributed by atoms with Gasteiger partial charge in [-0.2, -0.15) is 5.26 Å². The monoisotopic (exact) mass is 587 g/mol. The van der Waals surface area contributed by atoms with E-state index in [0.717, 1.165) is 6.07 Å². The number of nitrogens with zero attached hydrogens (tertiary/aromatic N) is 2. The molecule has 4 atom stereocenters. The van der Waals surface area contributed by atoms with Gasteiger partial charge >= 0.3 is 12.0 Å². The fraction of sp³-hybridized carbons (Fsp3) is 0.367. The number of carbonyl (C=O) groups is 2. The average Bonchev–Trinajstić information content (AvgIpc) is 3.19. The molecule has 0 aromatic heterocycles. The number of hydrogen-bond acceptors (Lipinski definition) is 3. The molecule has 0 bridgehead atoms. The molecule has 6 nitrogen and oxygen atoms in total. The minimum atomic E-state index is -1.64. The van der Waals surface area contributed by atoms with Crippen LogP contribution >= 0.6 is 23.2 Å². The summed E-state index contributed by atoms with van der Waals surface area (Å²) < 4.78 is 31.4. The van der Waals surface area contributed by atoms with Gasteiger partial charge in [-0.1, -0.05) is 56.1 Å². The summed E-state index contributed by atoms with van der Waals surface area (Å²) in [7, 11) is 0. The summed E-state index contributed by atoms with van der Waals surface area (Å²) in [5.41, 5.74) is -1.57. The Kier molecular flexibility index (Phi) is 8.30. The fourth-order valence-electron chi connectivity index (χ4n) is 5.95. The van der Waals surface area contributed by atoms with E-state index in [1.165, 1.54) is 47.4 Å². The van der Waals surface area contributed by atoms with E-state index in [9.17, 15) is 20.0 Å². The lowest BCUT2D eigenvalue weighted by Crippen LogP contribution is -2.52. The van der Waals surface area contributed by atoms with Gasteiger partial charge in [0, 0.05) is 34.7 Å². The van der Waals surface area contributed by atoms with Crippen LogP contribution < -0.4 is 5.32 Å². The fourth-order valence-corrected chi connectivity index (χ4v) is 6.34. The second-order valence-electron chi connectivity index (χ2n) is 11.4. The van der Waals surface area contributed by atoms with Crippen LogP contribution in [0.1, 0.15) is 49.5 Å². The molecule has 210 valence electrons. The molecular formula is C30H29Cl2F2N3O3. The predicted molar refractivity (Wildman–Crippen MR) is 150 cm³/mol. The first kappa shape index (κ1) is 29.6. The molecule has 4 rings (SSSR count). The first-order valence-electron chi connectivity index (χ1n) is 12.8. The largest absolute Gasteiger partial charge is 0.478 e. The summed E-state index contributed by atoms with van der Waals surface area (Å²) in [6, 6.07) is 10.2. The number of likely N-dealkylation sites (tertiary alicyclic amines) is 1. The number of nitriles is 1. The van der Waals surface area contributed by atoms with Gasteiger partial charge < -0.3 is 15.3 Å². The molecule has 0 spiro atoms. The van der Waals surface area contributed by atoms with Gasteiger partial charge in [0.05, 0.1) is 22.7 Å². The lowest BCUT2D eigenvalue weighted by atomic mass is 9.62. The molecule has 1 fully saturated rings. The van der Waals surface area contributed by atoms with E-state index < -0.39 is 46.9 Å². The van der Waals surface area contributed by atoms with E-state index in [2.05, 4.69) is 11.4 Å². The zero-order valence-corrected chi connectivity index (χ0v) is 23.7. The number of carbonyl (C=O) groups excluding carboxylic acids is 1. The first-order valence-corrected chi connectivity index (χ1v) is 13.5. The molecule has 2 N–H and O–H groups in total. The number of aromatic carboxylic acids is 1. The third-order valence-corrected chi connectivity index (χ3v) is 8.06. The van der Waals surface area contributed by atoms with Crippen molar-refractivity contribution in [3.8, 4) is 6.07 Å². The summed E-state index contributed by atoms with van der Waals surface area (Å²) in [4.78, 5) is 26.5. The van der Waals surface area contributed by atoms with Gasteiger partial charge in [0.15, 0.2) is 0 Å². The minimum absolute atomic E-state index is 0.0400. The van der Waals surface area contributed by atoms with Crippen LogP contribution in [0.5, 0.6) is 0 Å². The molecule has 40 heavy (non-hydrogen) atoms. The zero-order chi connectivity index (χ0) is 29.4. The van der Waals surface area contributed by atoms with E-state index in [0.29, 0.717) is 12.1 Å². The van der Waals surface area contributed by atoms with Crippen molar-refractivity contribution in [2.45, 2.75) is 45.1 Å². The highest BCUT2D eigenvalue weighted by molar-refractivity contribution is 6.31. The van der Waals surface area contributed by atoms with Crippen molar-refractivity contribution < 1.29 is 23.5 Å². The summed E-state index contributed by atoms with van der Waals surface area (Å²) in [6.45, 7) is 5.99. The number of carboxylic acid groups (broad SMARTS) is 1. The minimum Gasteiger partial charge on any atom is -0.478 e. The predicted octanol–water partition coefficient (Wildman–Crippen LogP) is 7.90. The van der Waals surface area contributed by atoms with Crippen molar-refractivity contribution in [1.82, 2.24) is 4.90 Å². The van der Waals surface area contributed by atoms with Gasteiger partial charge in [-0.25, -0.2) is 18.4 Å². The van der Waals surface area contributed by atoms with Crippen molar-refractivity contribution in [2.24, 2.45) is 17.3 Å². The second-order valence-corrected chi connectivity index (χ2v) is 12.3. The maximum atomic E-state index is 15.8. The van der Waals surface area contributed by atoms with Gasteiger partial charge in [0.25, 0.3) is 0 Å². The summed E-state index contributed by atoms with van der Waals surface area (Å²) >= 11 is 12.2. The van der Waals surface area contributed by atoms with Crippen LogP contribution in [0.3, 0.4) is 0 Å². The van der Waals surface area contributed by atoms with Gasteiger partial charge in [0.1, 0.15) is 17.1 Å². The zero-order valence-electron chi connectivity index (χ0n) is 22.2. The van der Waals surface area contributed by atoms with Gasteiger partial charge in [-0.05, 0) is 60.7 Å². The Morgan fingerprint density at radius 1 is 1.18 bits per heavy atom. The molecule has 2 amide bonds. The van der Waals surface area contributed by atoms with Crippen molar-refractivity contribution in [3.63, 3.8) is 0 Å². The third-order valence-electron chi connectivity index (χ3n) is 7.52. The maximum absolute atomic E-state index is 15.8. The van der Waals surface area contributed by atoms with Crippen molar-refractivity contribution in [3.05, 3.63) is 87.4 Å². The average molecular weight is 588 g/mol. The number of amides is 2. The first-order chi connectivity index (χ1) is 18.8. The molecule has 2 aromatic carbocycles. The molecule has 2 aliphatic rings. The van der Waals surface area contributed by atoms with E-state index in [1.54, 1.807) is 6.08 Å². The number of halogens is 4. The Bertz CT molecular complexity index is 1430. The Hall–Kier alpha value is -3.41. The highest BCUT2D eigenvalue weighted by atomic mass is 35.5. The summed E-state index contributed by atoms with van der Waals surface area (Å²) in [6.07, 6.45) is 3.68. The number of anilines is 1. The molecule has 1 aliphatic heterocycles. The molecule has 0 saturated carbocycles. The summed E-state index contributed by atoms with van der Waals surface area (Å²) in [5.74, 6) is -4.10. The number of allylic oxidation sites excluding steroid dienone is 3. The number of nitrogens with one attached hydrogen (secondary N) is 1. The molecule has 1 saturated heterocycles. The molecule has 0 radical (unpaired) electrons. The molecule has 10 heteroatoms. The van der Waals surface area contributed by atoms with Gasteiger partial charge in [-0.15, -0.1) is 0 Å². The van der Waals surface area contributed by atoms with E-state index in [-0.39, 0.29) is 39.6 Å². The van der Waals surface area contributed by atoms with Crippen LogP contribution in [0.4, 0.5) is 19.3 Å². The number of urea groups is 1. The normalized spacial score (nSPS) is 24.6. The molecule has 2 aromatic rings. The van der Waals surface area contributed by atoms with Gasteiger partial charge in [-0.3, -0.25) is 0 Å². The standard InChI is InChI=1S/C30H29Cl2F2N3O3/c1-29(2,3)14-18-15-37(28(40)36-20-10-7-17(8-11-20)27(38)39)26(21-5-4-6-23(32)25(21)34)30(18,16-35)22-12-9-19(31)13-24(22)33/h4,6-13,18,21,26H,5,14-15H2,1-3H3,(H,36,40)(H,38,39)/t18-,21?,26-,30-/m1/s1. The Labute approximate surface area is 241 Å². The lowest BCUT2D eigenvalue weighted by molar-refractivity contribution is 0.0697. The maximum Gasteiger partial charge on any atom is 0.335 e. The van der Waals surface area contributed by atoms with Crippen LogP contribution in [0.25, 0.3) is 0 Å². The topological polar surface area (TPSA) is 93.4 Å². The van der Waals surface area contributed by atoms with Crippen molar-refractivity contribution in [2.75, 3.05) is 11.9 Å². The highest BCUT2D eigenvalue weighted by Gasteiger charge is 2.61. The van der Waals surface area contributed by atoms with Crippen molar-refractivity contribution >= 4 is 40.9 Å². The molecular weight excluding hydrogens is 559 g/mol. The van der Waals surface area contributed by atoms with E-state index >= 15 is 8.78 Å². The van der Waals surface area contributed by atoms with E-state index in [1.807, 2.05) is 20.8 Å². The van der Waals surface area contributed by atoms with E-state index in [4.69, 9.17) is 23.2 Å². The molecule has 1 unspecified atom stereocenters. The van der Waals surface area contributed by atoms with Crippen LogP contribution in [-0.2, 0) is 5.41 Å². The Morgan fingerprint density at radius 2 is 1.85 bits per heavy atom. The van der Waals surface area contributed by atoms with Crippen LogP contribution in [0.15, 0.2) is 65.5 Å². The number of hydrogen-bond donors (Lipinski definition) is 2. The summed E-state index contributed by atoms with van der Waals surface area (Å²) in [5, 5.41) is 22.8. The highest BCUT2D eigenvalue weighted by Crippen LogP contribution is 2.54. The number of benzene rings is 2. The SMILES string of the molecule is CC(C)(C)C[C@@H]1CN(C(=O)Nc2ccc(C(=O)O)cc2)[C@H](C2CC=CC(Cl)=C2F)[C@@]1(C#N)c1ccc(Cl)cc1F.